The third kappa shape index (κ3) is 4.84. The zero-order valence-corrected chi connectivity index (χ0v) is 11.9. The van der Waals surface area contributed by atoms with Gasteiger partial charge >= 0.3 is 0 Å². The predicted octanol–water partition coefficient (Wildman–Crippen LogP) is 1.66. The fraction of sp³-hybridized carbons (Fsp3) is 0.417. The lowest BCUT2D eigenvalue weighted by molar-refractivity contribution is -0.384. The van der Waals surface area contributed by atoms with Gasteiger partial charge in [0, 0.05) is 30.3 Å². The molecule has 1 aromatic rings. The maximum atomic E-state index is 11.9. The molecule has 2 N–H and O–H groups in total. The molecule has 6 nitrogen and oxygen atoms in total. The van der Waals surface area contributed by atoms with Gasteiger partial charge in [-0.3, -0.25) is 14.9 Å². The first-order valence-corrected chi connectivity index (χ1v) is 5.66. The van der Waals surface area contributed by atoms with Gasteiger partial charge in [-0.1, -0.05) is 0 Å². The molecule has 0 fully saturated rings. The van der Waals surface area contributed by atoms with Gasteiger partial charge in [-0.05, 0) is 32.5 Å². The van der Waals surface area contributed by atoms with Crippen LogP contribution in [0.4, 0.5) is 5.69 Å². The molecule has 19 heavy (non-hydrogen) atoms. The summed E-state index contributed by atoms with van der Waals surface area (Å²) in [4.78, 5) is 22.0. The van der Waals surface area contributed by atoms with Crippen molar-refractivity contribution in [3.05, 3.63) is 39.4 Å². The number of non-ortho nitro benzene ring substituents is 1. The average molecular weight is 288 g/mol. The molecule has 0 aliphatic carbocycles. The van der Waals surface area contributed by atoms with Crippen molar-refractivity contribution < 1.29 is 9.72 Å². The third-order valence-corrected chi connectivity index (χ3v) is 2.73. The van der Waals surface area contributed by atoms with E-state index < -0.39 is 4.92 Å². The lowest BCUT2D eigenvalue weighted by Crippen LogP contribution is -2.37. The topological polar surface area (TPSA) is 84.3 Å². The summed E-state index contributed by atoms with van der Waals surface area (Å²) in [5.74, 6) is -0.218. The number of nitro groups is 1. The number of likely N-dealkylation sites (N-methyl/N-ethyl adjacent to an activating group) is 1. The summed E-state index contributed by atoms with van der Waals surface area (Å²) in [6, 6.07) is 4.39. The predicted molar refractivity (Wildman–Crippen MR) is 75.9 cm³/mol. The van der Waals surface area contributed by atoms with E-state index in [1.54, 1.807) is 6.92 Å². The Kier molecular flexibility index (Phi) is 7.03. The molecule has 0 saturated carbocycles. The van der Waals surface area contributed by atoms with E-state index in [0.29, 0.717) is 17.7 Å². The Hall–Kier alpha value is -1.66. The molecule has 1 unspecified atom stereocenters. The van der Waals surface area contributed by atoms with Crippen molar-refractivity contribution in [2.45, 2.75) is 19.9 Å². The molecule has 1 aromatic carbocycles. The fourth-order valence-electron chi connectivity index (χ4n) is 1.46. The van der Waals surface area contributed by atoms with Crippen molar-refractivity contribution in [3.8, 4) is 0 Å². The summed E-state index contributed by atoms with van der Waals surface area (Å²) < 4.78 is 0. The number of nitrogens with zero attached hydrogens (tertiary/aromatic N) is 1. The molecule has 1 amide bonds. The first kappa shape index (κ1) is 17.3. The minimum atomic E-state index is -0.474. The monoisotopic (exact) mass is 287 g/mol. The molecule has 0 heterocycles. The number of carbonyl (C=O) groups is 1. The molecule has 0 aliphatic heterocycles. The highest BCUT2D eigenvalue weighted by molar-refractivity contribution is 5.95. The second-order valence-electron chi connectivity index (χ2n) is 4.16. The Balaban J connectivity index is 0.00000324. The quantitative estimate of drug-likeness (QED) is 0.637. The average Bonchev–Trinajstić information content (AvgIpc) is 2.35. The molecule has 0 aliphatic rings. The maximum Gasteiger partial charge on any atom is 0.269 e. The normalized spacial score (nSPS) is 11.3. The number of nitrogens with one attached hydrogen (secondary N) is 2. The Morgan fingerprint density at radius 2 is 2.11 bits per heavy atom. The number of amides is 1. The van der Waals surface area contributed by atoms with Crippen LogP contribution >= 0.6 is 12.4 Å². The number of aryl methyl sites for hydroxylation is 1. The molecule has 0 radical (unpaired) electrons. The molecule has 106 valence electrons. The van der Waals surface area contributed by atoms with Crippen molar-refractivity contribution in [2.24, 2.45) is 0 Å². The van der Waals surface area contributed by atoms with E-state index in [1.807, 2.05) is 14.0 Å². The highest BCUT2D eigenvalue weighted by Crippen LogP contribution is 2.16. The van der Waals surface area contributed by atoms with Gasteiger partial charge in [0.05, 0.1) is 4.92 Å². The van der Waals surface area contributed by atoms with Gasteiger partial charge in [0.25, 0.3) is 11.6 Å². The largest absolute Gasteiger partial charge is 0.350 e. The summed E-state index contributed by atoms with van der Waals surface area (Å²) in [6.07, 6.45) is 0. The van der Waals surface area contributed by atoms with Crippen LogP contribution in [0.1, 0.15) is 22.8 Å². The van der Waals surface area contributed by atoms with Crippen LogP contribution in [0.25, 0.3) is 0 Å². The number of hydrogen-bond donors (Lipinski definition) is 2. The molecule has 1 atom stereocenters. The van der Waals surface area contributed by atoms with Crippen LogP contribution in [-0.4, -0.2) is 30.5 Å². The number of carbonyl (C=O) groups excluding carboxylic acids is 1. The van der Waals surface area contributed by atoms with Crippen molar-refractivity contribution in [1.82, 2.24) is 10.6 Å². The van der Waals surface area contributed by atoms with Crippen LogP contribution in [0.3, 0.4) is 0 Å². The first-order chi connectivity index (χ1) is 8.45. The Bertz CT molecular complexity index is 466. The Morgan fingerprint density at radius 1 is 1.47 bits per heavy atom. The number of halogens is 1. The summed E-state index contributed by atoms with van der Waals surface area (Å²) in [5, 5.41) is 16.4. The number of rotatable bonds is 5. The molecular formula is C12H18ClN3O3. The van der Waals surface area contributed by atoms with Gasteiger partial charge in [0.1, 0.15) is 0 Å². The third-order valence-electron chi connectivity index (χ3n) is 2.73. The van der Waals surface area contributed by atoms with Crippen LogP contribution in [0, 0.1) is 17.0 Å². The molecule has 0 aromatic heterocycles. The summed E-state index contributed by atoms with van der Waals surface area (Å²) in [5.41, 5.74) is 1.05. The molecule has 1 rings (SSSR count). The second-order valence-corrected chi connectivity index (χ2v) is 4.16. The van der Waals surface area contributed by atoms with Gasteiger partial charge in [0.15, 0.2) is 0 Å². The van der Waals surface area contributed by atoms with Crippen LogP contribution in [-0.2, 0) is 0 Å². The summed E-state index contributed by atoms with van der Waals surface area (Å²) >= 11 is 0. The van der Waals surface area contributed by atoms with Gasteiger partial charge in [0.2, 0.25) is 0 Å². The summed E-state index contributed by atoms with van der Waals surface area (Å²) in [7, 11) is 1.81. The lowest BCUT2D eigenvalue weighted by atomic mass is 10.1. The minimum Gasteiger partial charge on any atom is -0.350 e. The van der Waals surface area contributed by atoms with E-state index in [2.05, 4.69) is 10.6 Å². The van der Waals surface area contributed by atoms with E-state index in [4.69, 9.17) is 0 Å². The van der Waals surface area contributed by atoms with Gasteiger partial charge < -0.3 is 10.6 Å². The molecule has 0 saturated heterocycles. The number of nitro benzene ring substituents is 1. The summed E-state index contributed by atoms with van der Waals surface area (Å²) in [6.45, 7) is 4.14. The molecule has 7 heteroatoms. The fourth-order valence-corrected chi connectivity index (χ4v) is 1.46. The van der Waals surface area contributed by atoms with E-state index in [0.717, 1.165) is 0 Å². The lowest BCUT2D eigenvalue weighted by Gasteiger charge is -2.12. The highest BCUT2D eigenvalue weighted by atomic mass is 35.5. The Morgan fingerprint density at radius 3 is 2.58 bits per heavy atom. The molecule has 0 bridgehead atoms. The van der Waals surface area contributed by atoms with E-state index in [-0.39, 0.29) is 30.0 Å². The second kappa shape index (κ2) is 7.70. The van der Waals surface area contributed by atoms with Crippen LogP contribution in [0.15, 0.2) is 18.2 Å². The van der Waals surface area contributed by atoms with Gasteiger partial charge in [-0.25, -0.2) is 0 Å². The van der Waals surface area contributed by atoms with Crippen molar-refractivity contribution in [1.29, 1.82) is 0 Å². The van der Waals surface area contributed by atoms with E-state index in [9.17, 15) is 14.9 Å². The van der Waals surface area contributed by atoms with Gasteiger partial charge in [-0.2, -0.15) is 0 Å². The molecular weight excluding hydrogens is 270 g/mol. The van der Waals surface area contributed by atoms with Crippen LogP contribution < -0.4 is 10.6 Å². The van der Waals surface area contributed by atoms with Crippen molar-refractivity contribution >= 4 is 24.0 Å². The smallest absolute Gasteiger partial charge is 0.269 e. The number of hydrogen-bond acceptors (Lipinski definition) is 4. The number of benzene rings is 1. The minimum absolute atomic E-state index is 0. The zero-order valence-electron chi connectivity index (χ0n) is 11.1. The van der Waals surface area contributed by atoms with Crippen LogP contribution in [0.2, 0.25) is 0 Å². The zero-order chi connectivity index (χ0) is 13.7. The van der Waals surface area contributed by atoms with E-state index in [1.165, 1.54) is 18.2 Å². The highest BCUT2D eigenvalue weighted by Gasteiger charge is 2.13. The maximum absolute atomic E-state index is 11.9. The van der Waals surface area contributed by atoms with Gasteiger partial charge in [-0.15, -0.1) is 12.4 Å². The van der Waals surface area contributed by atoms with Crippen molar-refractivity contribution in [3.63, 3.8) is 0 Å². The Labute approximate surface area is 118 Å². The standard InChI is InChI=1S/C12H17N3O3.ClH/c1-8-6-10(15(17)18)4-5-11(8)12(16)14-7-9(2)13-3;/h4-6,9,13H,7H2,1-3H3,(H,14,16);1H. The van der Waals surface area contributed by atoms with E-state index >= 15 is 0 Å². The van der Waals surface area contributed by atoms with Crippen LogP contribution in [0.5, 0.6) is 0 Å². The molecule has 0 spiro atoms. The first-order valence-electron chi connectivity index (χ1n) is 5.66. The SMILES string of the molecule is CNC(C)CNC(=O)c1ccc([N+](=O)[O-])cc1C.Cl. The van der Waals surface area contributed by atoms with Crippen molar-refractivity contribution in [2.75, 3.05) is 13.6 Å².